The molecule has 1 unspecified atom stereocenters. The first-order valence-corrected chi connectivity index (χ1v) is 8.40. The lowest BCUT2D eigenvalue weighted by molar-refractivity contribution is -0.127. The highest BCUT2D eigenvalue weighted by Gasteiger charge is 2.46. The lowest BCUT2D eigenvalue weighted by Crippen LogP contribution is -2.38. The Kier molecular flexibility index (Phi) is 4.89. The van der Waals surface area contributed by atoms with Gasteiger partial charge in [0.2, 0.25) is 5.91 Å². The topological polar surface area (TPSA) is 153 Å². The van der Waals surface area contributed by atoms with E-state index in [2.05, 4.69) is 9.84 Å². The number of carbonyl (C=O) groups is 2. The highest BCUT2D eigenvalue weighted by Crippen LogP contribution is 2.43. The van der Waals surface area contributed by atoms with E-state index in [0.29, 0.717) is 0 Å². The molecule has 2 aliphatic heterocycles. The maximum absolute atomic E-state index is 11.8. The van der Waals surface area contributed by atoms with Gasteiger partial charge in [-0.15, -0.1) is 11.8 Å². The Balaban J connectivity index is 2.08. The van der Waals surface area contributed by atoms with Crippen molar-refractivity contribution >= 4 is 31.3 Å². The van der Waals surface area contributed by atoms with E-state index in [4.69, 9.17) is 9.79 Å². The van der Waals surface area contributed by atoms with Gasteiger partial charge in [-0.1, -0.05) is 0 Å². The van der Waals surface area contributed by atoms with Crippen molar-refractivity contribution in [2.45, 2.75) is 29.1 Å². The van der Waals surface area contributed by atoms with E-state index >= 15 is 0 Å². The quantitative estimate of drug-likeness (QED) is 0.297. The molecule has 0 aliphatic carbocycles. The second-order valence-corrected chi connectivity index (χ2v) is 7.25. The number of phosphoric ester groups is 1. The van der Waals surface area contributed by atoms with Crippen LogP contribution < -0.4 is 5.32 Å². The van der Waals surface area contributed by atoms with Crippen molar-refractivity contribution in [3.05, 3.63) is 11.8 Å². The lowest BCUT2D eigenvalue weighted by atomic mass is 9.97. The van der Waals surface area contributed by atoms with Gasteiger partial charge in [-0.25, -0.2) is 4.57 Å². The zero-order valence-corrected chi connectivity index (χ0v) is 12.3. The van der Waals surface area contributed by atoms with Gasteiger partial charge in [0.25, 0.3) is 0 Å². The molecule has 21 heavy (non-hydrogen) atoms. The molecule has 2 aliphatic rings. The normalized spacial score (nSPS) is 33.8. The molecule has 2 heterocycles. The largest absolute Gasteiger partial charge is 0.469 e. The Morgan fingerprint density at radius 3 is 2.57 bits per heavy atom. The third-order valence-electron chi connectivity index (χ3n) is 3.11. The smallest absolute Gasteiger partial charge is 0.389 e. The summed E-state index contributed by atoms with van der Waals surface area (Å²) >= 11 is 0.970. The molecule has 0 bridgehead atoms. The van der Waals surface area contributed by atoms with Crippen LogP contribution in [0.5, 0.6) is 0 Å². The fourth-order valence-corrected chi connectivity index (χ4v) is 4.06. The molecule has 1 fully saturated rings. The fraction of sp³-hybridized carbons (Fsp3) is 0.600. The molecular weight excluding hydrogens is 325 g/mol. The number of aliphatic hydroxyl groups is 2. The number of aliphatic hydroxyl groups excluding tert-OH is 2. The molecule has 4 atom stereocenters. The van der Waals surface area contributed by atoms with Gasteiger partial charge < -0.3 is 25.3 Å². The third-order valence-corrected chi connectivity index (χ3v) is 5.18. The summed E-state index contributed by atoms with van der Waals surface area (Å²) in [7, 11) is -4.68. The highest BCUT2D eigenvalue weighted by atomic mass is 32.2. The van der Waals surface area contributed by atoms with Crippen LogP contribution in [-0.2, 0) is 18.7 Å². The van der Waals surface area contributed by atoms with E-state index in [0.717, 1.165) is 11.8 Å². The van der Waals surface area contributed by atoms with Crippen molar-refractivity contribution in [3.8, 4) is 0 Å². The molecule has 1 saturated heterocycles. The molecule has 9 nitrogen and oxygen atoms in total. The molecule has 11 heteroatoms. The Labute approximate surface area is 123 Å². The number of nitrogens with one attached hydrogen (secondary N) is 1. The summed E-state index contributed by atoms with van der Waals surface area (Å²) in [5.41, 5.74) is 0.157. The zero-order valence-electron chi connectivity index (χ0n) is 10.6. The van der Waals surface area contributed by atoms with Gasteiger partial charge in [0.15, 0.2) is 5.78 Å². The van der Waals surface area contributed by atoms with E-state index in [9.17, 15) is 24.4 Å². The van der Waals surface area contributed by atoms with Crippen LogP contribution in [0, 0.1) is 0 Å². The van der Waals surface area contributed by atoms with Gasteiger partial charge >= 0.3 is 7.82 Å². The molecule has 1 amide bonds. The number of hydrogen-bond donors (Lipinski definition) is 5. The molecule has 2 rings (SSSR count). The third kappa shape index (κ3) is 3.92. The molecule has 0 aromatic carbocycles. The Hall–Kier alpha value is -0.740. The van der Waals surface area contributed by atoms with Crippen LogP contribution in [0.15, 0.2) is 11.8 Å². The van der Waals surface area contributed by atoms with Gasteiger partial charge in [0, 0.05) is 11.8 Å². The molecule has 0 saturated carbocycles. The predicted molar refractivity (Wildman–Crippen MR) is 71.0 cm³/mol. The first-order valence-electron chi connectivity index (χ1n) is 5.93. The highest BCUT2D eigenvalue weighted by molar-refractivity contribution is 8.01. The Morgan fingerprint density at radius 1 is 1.33 bits per heavy atom. The Bertz CT molecular complexity index is 531. The molecule has 0 spiro atoms. The number of amides is 1. The minimum Gasteiger partial charge on any atom is -0.389 e. The molecule has 5 N–H and O–H groups in total. The van der Waals surface area contributed by atoms with Crippen LogP contribution in [-0.4, -0.2) is 61.0 Å². The number of phosphoric acid groups is 1. The van der Waals surface area contributed by atoms with Crippen molar-refractivity contribution in [1.82, 2.24) is 5.32 Å². The van der Waals surface area contributed by atoms with E-state index in [1.165, 1.54) is 6.20 Å². The monoisotopic (exact) mass is 339 g/mol. The lowest BCUT2D eigenvalue weighted by Gasteiger charge is -2.20. The van der Waals surface area contributed by atoms with Crippen LogP contribution in [0.25, 0.3) is 0 Å². The summed E-state index contributed by atoms with van der Waals surface area (Å²) in [6.07, 6.45) is -1.76. The van der Waals surface area contributed by atoms with E-state index in [1.807, 2.05) is 0 Å². The van der Waals surface area contributed by atoms with Gasteiger partial charge in [-0.3, -0.25) is 14.1 Å². The fourth-order valence-electron chi connectivity index (χ4n) is 2.09. The van der Waals surface area contributed by atoms with Gasteiger partial charge in [-0.2, -0.15) is 0 Å². The standard InChI is InChI=1S/C10H14NO8PS/c12-5-1-7(13)11-2-4(5)10-9(15)8(14)6(21-10)3-19-20(16,17)18/h2,6,8-10,14-15H,1,3H2,(H,11,13)(H2,16,17,18)/t6-,8-,9-,10?/m1/s1. The van der Waals surface area contributed by atoms with Gasteiger partial charge in [0.1, 0.15) is 0 Å². The average Bonchev–Trinajstić information content (AvgIpc) is 2.64. The van der Waals surface area contributed by atoms with Gasteiger partial charge in [-0.05, 0) is 0 Å². The summed E-state index contributed by atoms with van der Waals surface area (Å²) in [4.78, 5) is 40.1. The van der Waals surface area contributed by atoms with Crippen LogP contribution in [0.3, 0.4) is 0 Å². The van der Waals surface area contributed by atoms with Crippen molar-refractivity contribution < 1.29 is 38.7 Å². The second kappa shape index (κ2) is 6.17. The van der Waals surface area contributed by atoms with Crippen LogP contribution in [0.2, 0.25) is 0 Å². The van der Waals surface area contributed by atoms with Crippen LogP contribution in [0.4, 0.5) is 0 Å². The van der Waals surface area contributed by atoms with Crippen molar-refractivity contribution in [2.75, 3.05) is 6.61 Å². The molecule has 118 valence electrons. The summed E-state index contributed by atoms with van der Waals surface area (Å²) in [6, 6.07) is 0. The molecular formula is C10H14NO8PS. The van der Waals surface area contributed by atoms with E-state index < -0.39 is 48.8 Å². The van der Waals surface area contributed by atoms with Crippen LogP contribution in [0.1, 0.15) is 6.42 Å². The summed E-state index contributed by atoms with van der Waals surface area (Å²) < 4.78 is 15.0. The first kappa shape index (κ1) is 16.6. The number of Topliss-reactive ketones (excluding diaryl/α,β-unsaturated/α-hetero) is 1. The number of thioether (sulfide) groups is 1. The molecule has 0 radical (unpaired) electrons. The summed E-state index contributed by atoms with van der Waals surface area (Å²) in [5, 5.41) is 20.6. The van der Waals surface area contributed by atoms with Gasteiger partial charge in [0.05, 0.1) is 35.7 Å². The SMILES string of the molecule is O=C1CC(=O)C(C2S[C@H](COP(=O)(O)O)[C@@H](O)[C@H]2O)=CN1. The summed E-state index contributed by atoms with van der Waals surface area (Å²) in [5.74, 6) is -0.915. The zero-order chi connectivity index (χ0) is 15.8. The van der Waals surface area contributed by atoms with Crippen LogP contribution >= 0.6 is 19.6 Å². The van der Waals surface area contributed by atoms with E-state index in [-0.39, 0.29) is 12.0 Å². The number of carbonyl (C=O) groups excluding carboxylic acids is 2. The molecule has 0 aromatic heterocycles. The number of hydrogen-bond acceptors (Lipinski definition) is 7. The van der Waals surface area contributed by atoms with Crippen molar-refractivity contribution in [2.24, 2.45) is 0 Å². The first-order chi connectivity index (χ1) is 9.69. The van der Waals surface area contributed by atoms with Crippen molar-refractivity contribution in [1.29, 1.82) is 0 Å². The number of ketones is 1. The number of rotatable bonds is 4. The maximum Gasteiger partial charge on any atom is 0.469 e. The minimum absolute atomic E-state index is 0.157. The minimum atomic E-state index is -4.68. The van der Waals surface area contributed by atoms with E-state index in [1.54, 1.807) is 0 Å². The van der Waals surface area contributed by atoms with Crippen molar-refractivity contribution in [3.63, 3.8) is 0 Å². The predicted octanol–water partition coefficient (Wildman–Crippen LogP) is -1.73. The second-order valence-electron chi connectivity index (χ2n) is 4.63. The maximum atomic E-state index is 11.8. The summed E-state index contributed by atoms with van der Waals surface area (Å²) in [6.45, 7) is -0.475. The molecule has 0 aromatic rings. The Morgan fingerprint density at radius 2 is 2.00 bits per heavy atom. The average molecular weight is 339 g/mol.